The summed E-state index contributed by atoms with van der Waals surface area (Å²) >= 11 is 0. The zero-order chi connectivity index (χ0) is 19.0. The van der Waals surface area contributed by atoms with E-state index in [1.807, 2.05) is 24.3 Å². The number of para-hydroxylation sites is 1. The number of nitrogens with zero attached hydrogens (tertiary/aromatic N) is 2. The molecule has 1 fully saturated rings. The molecule has 142 valence electrons. The normalized spacial score (nSPS) is 17.7. The zero-order valence-corrected chi connectivity index (χ0v) is 16.0. The summed E-state index contributed by atoms with van der Waals surface area (Å²) in [5.41, 5.74) is 3.07. The maximum atomic E-state index is 13.1. The van der Waals surface area contributed by atoms with Crippen LogP contribution in [0.15, 0.2) is 47.4 Å². The number of benzene rings is 2. The first-order valence-electron chi connectivity index (χ1n) is 9.07. The summed E-state index contributed by atoms with van der Waals surface area (Å²) in [6, 6.07) is 12.8. The highest BCUT2D eigenvalue weighted by Gasteiger charge is 2.30. The van der Waals surface area contributed by atoms with Crippen LogP contribution in [0.4, 0.5) is 5.69 Å². The minimum Gasteiger partial charge on any atom is -0.379 e. The summed E-state index contributed by atoms with van der Waals surface area (Å²) in [4.78, 5) is 15.0. The van der Waals surface area contributed by atoms with E-state index in [9.17, 15) is 13.2 Å². The Labute approximate surface area is 159 Å². The summed E-state index contributed by atoms with van der Waals surface area (Å²) in [6.45, 7) is 3.81. The molecule has 2 heterocycles. The van der Waals surface area contributed by atoms with E-state index in [2.05, 4.69) is 0 Å². The maximum absolute atomic E-state index is 13.1. The van der Waals surface area contributed by atoms with Gasteiger partial charge in [-0.1, -0.05) is 24.3 Å². The highest BCUT2D eigenvalue weighted by atomic mass is 32.2. The lowest BCUT2D eigenvalue weighted by atomic mass is 10.1. The fourth-order valence-corrected chi connectivity index (χ4v) is 5.30. The molecule has 1 amide bonds. The van der Waals surface area contributed by atoms with Crippen molar-refractivity contribution in [2.75, 3.05) is 37.7 Å². The monoisotopic (exact) mass is 386 g/mol. The van der Waals surface area contributed by atoms with Crippen LogP contribution < -0.4 is 4.90 Å². The lowest BCUT2D eigenvalue weighted by molar-refractivity contribution is 0.0730. The Bertz CT molecular complexity index is 981. The Balaban J connectivity index is 1.68. The van der Waals surface area contributed by atoms with E-state index in [0.717, 1.165) is 17.7 Å². The SMILES string of the molecule is Cc1ccc(C(=O)N2CCc3ccccc32)cc1S(=O)(=O)N1CCOCC1. The van der Waals surface area contributed by atoms with Gasteiger partial charge in [0.1, 0.15) is 0 Å². The number of sulfonamides is 1. The van der Waals surface area contributed by atoms with Crippen LogP contribution in [0.5, 0.6) is 0 Å². The van der Waals surface area contributed by atoms with Crippen LogP contribution in [0.3, 0.4) is 0 Å². The topological polar surface area (TPSA) is 66.9 Å². The molecular weight excluding hydrogens is 364 g/mol. The van der Waals surface area contributed by atoms with Crippen molar-refractivity contribution in [3.63, 3.8) is 0 Å². The van der Waals surface area contributed by atoms with Gasteiger partial charge >= 0.3 is 0 Å². The van der Waals surface area contributed by atoms with Crippen molar-refractivity contribution in [2.24, 2.45) is 0 Å². The molecule has 0 aliphatic carbocycles. The Morgan fingerprint density at radius 1 is 1.04 bits per heavy atom. The highest BCUT2D eigenvalue weighted by Crippen LogP contribution is 2.30. The summed E-state index contributed by atoms with van der Waals surface area (Å²) in [5.74, 6) is -0.168. The standard InChI is InChI=1S/C20H22N2O4S/c1-15-6-7-17(14-19(15)27(24,25)21-10-12-26-13-11-21)20(23)22-9-8-16-4-2-3-5-18(16)22/h2-7,14H,8-13H2,1H3. The van der Waals surface area contributed by atoms with E-state index in [-0.39, 0.29) is 10.8 Å². The fraction of sp³-hybridized carbons (Fsp3) is 0.350. The summed E-state index contributed by atoms with van der Waals surface area (Å²) in [6.07, 6.45) is 0.812. The van der Waals surface area contributed by atoms with E-state index in [0.29, 0.717) is 44.0 Å². The van der Waals surface area contributed by atoms with Crippen molar-refractivity contribution in [1.82, 2.24) is 4.31 Å². The molecule has 0 saturated carbocycles. The molecule has 2 aliphatic rings. The Kier molecular flexibility index (Phi) is 4.75. The van der Waals surface area contributed by atoms with E-state index < -0.39 is 10.0 Å². The molecule has 2 aromatic rings. The highest BCUT2D eigenvalue weighted by molar-refractivity contribution is 7.89. The second-order valence-corrected chi connectivity index (χ2v) is 8.74. The maximum Gasteiger partial charge on any atom is 0.258 e. The molecule has 7 heteroatoms. The van der Waals surface area contributed by atoms with Crippen LogP contribution in [0, 0.1) is 6.92 Å². The van der Waals surface area contributed by atoms with Crippen molar-refractivity contribution in [3.05, 3.63) is 59.2 Å². The van der Waals surface area contributed by atoms with Gasteiger partial charge in [0.05, 0.1) is 18.1 Å². The summed E-state index contributed by atoms with van der Waals surface area (Å²) in [5, 5.41) is 0. The van der Waals surface area contributed by atoms with Gasteiger partial charge in [0.2, 0.25) is 10.0 Å². The molecule has 0 aromatic heterocycles. The van der Waals surface area contributed by atoms with Crippen molar-refractivity contribution in [3.8, 4) is 0 Å². The van der Waals surface area contributed by atoms with Gasteiger partial charge in [0.25, 0.3) is 5.91 Å². The third kappa shape index (κ3) is 3.26. The zero-order valence-electron chi connectivity index (χ0n) is 15.2. The van der Waals surface area contributed by atoms with Crippen molar-refractivity contribution in [2.45, 2.75) is 18.2 Å². The second-order valence-electron chi connectivity index (χ2n) is 6.83. The number of carbonyl (C=O) groups is 1. The van der Waals surface area contributed by atoms with Gasteiger partial charge in [-0.15, -0.1) is 0 Å². The average molecular weight is 386 g/mol. The Morgan fingerprint density at radius 2 is 1.78 bits per heavy atom. The van der Waals surface area contributed by atoms with E-state index in [4.69, 9.17) is 4.74 Å². The largest absolute Gasteiger partial charge is 0.379 e. The van der Waals surface area contributed by atoms with Gasteiger partial charge in [0.15, 0.2) is 0 Å². The predicted octanol–water partition coefficient (Wildman–Crippen LogP) is 2.22. The third-order valence-corrected chi connectivity index (χ3v) is 7.20. The smallest absolute Gasteiger partial charge is 0.258 e. The molecule has 2 aliphatic heterocycles. The van der Waals surface area contributed by atoms with Gasteiger partial charge in [-0.3, -0.25) is 4.79 Å². The first kappa shape index (κ1) is 18.2. The van der Waals surface area contributed by atoms with Gasteiger partial charge in [-0.2, -0.15) is 4.31 Å². The van der Waals surface area contributed by atoms with Crippen LogP contribution in [0.25, 0.3) is 0 Å². The van der Waals surface area contributed by atoms with Crippen LogP contribution in [-0.2, 0) is 21.2 Å². The molecular formula is C20H22N2O4S. The molecule has 0 atom stereocenters. The number of fused-ring (bicyclic) bond motifs is 1. The van der Waals surface area contributed by atoms with Gasteiger partial charge in [-0.05, 0) is 42.7 Å². The van der Waals surface area contributed by atoms with Crippen molar-refractivity contribution in [1.29, 1.82) is 0 Å². The lowest BCUT2D eigenvalue weighted by Crippen LogP contribution is -2.41. The van der Waals surface area contributed by atoms with Gasteiger partial charge < -0.3 is 9.64 Å². The Hall–Kier alpha value is -2.22. The number of anilines is 1. The number of ether oxygens (including phenoxy) is 1. The molecule has 4 rings (SSSR count). The molecule has 2 aromatic carbocycles. The van der Waals surface area contributed by atoms with Gasteiger partial charge in [-0.25, -0.2) is 8.42 Å². The minimum atomic E-state index is -3.65. The first-order valence-corrected chi connectivity index (χ1v) is 10.5. The van der Waals surface area contributed by atoms with Crippen LogP contribution in [0.2, 0.25) is 0 Å². The molecule has 27 heavy (non-hydrogen) atoms. The molecule has 0 radical (unpaired) electrons. The number of hydrogen-bond donors (Lipinski definition) is 0. The van der Waals surface area contributed by atoms with E-state index in [1.165, 1.54) is 10.4 Å². The third-order valence-electron chi connectivity index (χ3n) is 5.16. The van der Waals surface area contributed by atoms with Gasteiger partial charge in [0, 0.05) is 30.9 Å². The number of hydrogen-bond acceptors (Lipinski definition) is 4. The number of amides is 1. The lowest BCUT2D eigenvalue weighted by Gasteiger charge is -2.27. The second kappa shape index (κ2) is 7.07. The average Bonchev–Trinajstić information content (AvgIpc) is 3.12. The number of aryl methyl sites for hydroxylation is 1. The molecule has 6 nitrogen and oxygen atoms in total. The number of morpholine rings is 1. The fourth-order valence-electron chi connectivity index (χ4n) is 3.64. The van der Waals surface area contributed by atoms with Crippen LogP contribution in [-0.4, -0.2) is 51.5 Å². The number of carbonyl (C=O) groups excluding carboxylic acids is 1. The first-order chi connectivity index (χ1) is 13.0. The van der Waals surface area contributed by atoms with Crippen molar-refractivity contribution >= 4 is 21.6 Å². The van der Waals surface area contributed by atoms with E-state index >= 15 is 0 Å². The molecule has 0 unspecified atom stereocenters. The molecule has 0 bridgehead atoms. The quantitative estimate of drug-likeness (QED) is 0.811. The predicted molar refractivity (Wildman–Crippen MR) is 103 cm³/mol. The summed E-state index contributed by atoms with van der Waals surface area (Å²) < 4.78 is 32.8. The summed E-state index contributed by atoms with van der Waals surface area (Å²) in [7, 11) is -3.65. The van der Waals surface area contributed by atoms with Crippen LogP contribution in [0.1, 0.15) is 21.5 Å². The Morgan fingerprint density at radius 3 is 2.56 bits per heavy atom. The molecule has 0 N–H and O–H groups in total. The minimum absolute atomic E-state index is 0.168. The number of rotatable bonds is 3. The van der Waals surface area contributed by atoms with Crippen LogP contribution >= 0.6 is 0 Å². The molecule has 0 spiro atoms. The molecule has 1 saturated heterocycles. The van der Waals surface area contributed by atoms with Crippen molar-refractivity contribution < 1.29 is 17.9 Å². The van der Waals surface area contributed by atoms with E-state index in [1.54, 1.807) is 24.0 Å².